The van der Waals surface area contributed by atoms with Gasteiger partial charge in [-0.3, -0.25) is 0 Å². The summed E-state index contributed by atoms with van der Waals surface area (Å²) >= 11 is 0. The second-order valence-electron chi connectivity index (χ2n) is 5.08. The highest BCUT2D eigenvalue weighted by molar-refractivity contribution is 5.77. The molecule has 0 saturated carbocycles. The van der Waals surface area contributed by atoms with Crippen LogP contribution in [0.4, 0.5) is 5.69 Å². The van der Waals surface area contributed by atoms with Crippen LogP contribution in [0.15, 0.2) is 54.6 Å². The Hall–Kier alpha value is -1.80. The molecule has 2 aromatic carbocycles. The number of anilines is 1. The third-order valence-electron chi connectivity index (χ3n) is 3.71. The fourth-order valence-electron chi connectivity index (χ4n) is 2.66. The maximum atomic E-state index is 3.71. The molecule has 2 nitrogen and oxygen atoms in total. The quantitative estimate of drug-likeness (QED) is 0.873. The van der Waals surface area contributed by atoms with Gasteiger partial charge in [0.2, 0.25) is 0 Å². The molecule has 1 aliphatic rings. The maximum Gasteiger partial charge on any atom is 0.0422 e. The van der Waals surface area contributed by atoms with Gasteiger partial charge in [-0.1, -0.05) is 48.5 Å². The molecular weight excluding hydrogens is 232 g/mol. The highest BCUT2D eigenvalue weighted by atomic mass is 15.0. The number of piperidine rings is 1. The minimum atomic E-state index is 0.589. The van der Waals surface area contributed by atoms with Gasteiger partial charge in [-0.05, 0) is 37.6 Å². The van der Waals surface area contributed by atoms with Gasteiger partial charge in [0.25, 0.3) is 0 Å². The van der Waals surface area contributed by atoms with E-state index in [1.165, 1.54) is 29.7 Å². The van der Waals surface area contributed by atoms with Crippen molar-refractivity contribution in [2.45, 2.75) is 18.9 Å². The lowest BCUT2D eigenvalue weighted by atomic mass is 10.0. The van der Waals surface area contributed by atoms with Crippen molar-refractivity contribution in [1.29, 1.82) is 0 Å². The zero-order valence-corrected chi connectivity index (χ0v) is 11.1. The average Bonchev–Trinajstić information content (AvgIpc) is 2.50. The maximum absolute atomic E-state index is 3.71. The van der Waals surface area contributed by atoms with Crippen LogP contribution in [0.2, 0.25) is 0 Å². The molecule has 2 heteroatoms. The van der Waals surface area contributed by atoms with Crippen molar-refractivity contribution in [2.24, 2.45) is 0 Å². The Morgan fingerprint density at radius 2 is 1.53 bits per heavy atom. The molecular formula is C17H20N2. The summed E-state index contributed by atoms with van der Waals surface area (Å²) in [4.78, 5) is 0. The second-order valence-corrected chi connectivity index (χ2v) is 5.08. The molecule has 0 amide bonds. The summed E-state index contributed by atoms with van der Waals surface area (Å²) in [7, 11) is 0. The molecule has 2 aromatic rings. The molecule has 1 aliphatic heterocycles. The normalized spacial score (nSPS) is 16.2. The van der Waals surface area contributed by atoms with E-state index < -0.39 is 0 Å². The minimum absolute atomic E-state index is 0.589. The number of hydrogen-bond donors (Lipinski definition) is 2. The second kappa shape index (κ2) is 5.89. The van der Waals surface area contributed by atoms with Gasteiger partial charge in [0.05, 0.1) is 0 Å². The molecule has 3 rings (SSSR count). The Morgan fingerprint density at radius 3 is 2.32 bits per heavy atom. The lowest BCUT2D eigenvalue weighted by molar-refractivity contribution is 0.479. The topological polar surface area (TPSA) is 24.1 Å². The SMILES string of the molecule is c1ccc(-c2ccccc2NC2CCNCC2)cc1. The summed E-state index contributed by atoms with van der Waals surface area (Å²) in [5.41, 5.74) is 3.82. The predicted molar refractivity (Wildman–Crippen MR) is 81.4 cm³/mol. The zero-order valence-electron chi connectivity index (χ0n) is 11.1. The van der Waals surface area contributed by atoms with E-state index in [0.29, 0.717) is 6.04 Å². The molecule has 0 radical (unpaired) electrons. The fourth-order valence-corrected chi connectivity index (χ4v) is 2.66. The first kappa shape index (κ1) is 12.2. The Labute approximate surface area is 114 Å². The van der Waals surface area contributed by atoms with Crippen LogP contribution in [-0.2, 0) is 0 Å². The Bertz CT molecular complexity index is 516. The molecule has 0 unspecified atom stereocenters. The molecule has 98 valence electrons. The average molecular weight is 252 g/mol. The summed E-state index contributed by atoms with van der Waals surface area (Å²) in [5.74, 6) is 0. The molecule has 0 spiro atoms. The summed E-state index contributed by atoms with van der Waals surface area (Å²) in [5, 5.41) is 7.11. The lowest BCUT2D eigenvalue weighted by Gasteiger charge is -2.26. The van der Waals surface area contributed by atoms with E-state index in [4.69, 9.17) is 0 Å². The van der Waals surface area contributed by atoms with E-state index >= 15 is 0 Å². The van der Waals surface area contributed by atoms with Crippen molar-refractivity contribution in [3.05, 3.63) is 54.6 Å². The molecule has 2 N–H and O–H groups in total. The van der Waals surface area contributed by atoms with E-state index in [0.717, 1.165) is 13.1 Å². The van der Waals surface area contributed by atoms with Crippen LogP contribution in [0.25, 0.3) is 11.1 Å². The van der Waals surface area contributed by atoms with Gasteiger partial charge in [-0.25, -0.2) is 0 Å². The molecule has 19 heavy (non-hydrogen) atoms. The van der Waals surface area contributed by atoms with Crippen molar-refractivity contribution in [1.82, 2.24) is 5.32 Å². The molecule has 0 aliphatic carbocycles. The van der Waals surface area contributed by atoms with Crippen LogP contribution in [0, 0.1) is 0 Å². The highest BCUT2D eigenvalue weighted by Gasteiger charge is 2.14. The van der Waals surface area contributed by atoms with E-state index in [9.17, 15) is 0 Å². The van der Waals surface area contributed by atoms with E-state index in [2.05, 4.69) is 65.2 Å². The van der Waals surface area contributed by atoms with Crippen molar-refractivity contribution < 1.29 is 0 Å². The number of benzene rings is 2. The van der Waals surface area contributed by atoms with Gasteiger partial charge >= 0.3 is 0 Å². The number of rotatable bonds is 3. The first-order valence-corrected chi connectivity index (χ1v) is 7.05. The van der Waals surface area contributed by atoms with Crippen LogP contribution >= 0.6 is 0 Å². The molecule has 0 aromatic heterocycles. The molecule has 0 bridgehead atoms. The van der Waals surface area contributed by atoms with Crippen LogP contribution in [0.5, 0.6) is 0 Å². The smallest absolute Gasteiger partial charge is 0.0422 e. The van der Waals surface area contributed by atoms with Crippen molar-refractivity contribution in [3.8, 4) is 11.1 Å². The van der Waals surface area contributed by atoms with Gasteiger partial charge in [0.1, 0.15) is 0 Å². The number of hydrogen-bond acceptors (Lipinski definition) is 2. The Kier molecular flexibility index (Phi) is 3.80. The van der Waals surface area contributed by atoms with E-state index in [1.807, 2.05) is 0 Å². The number of para-hydroxylation sites is 1. The van der Waals surface area contributed by atoms with Crippen LogP contribution in [0.1, 0.15) is 12.8 Å². The van der Waals surface area contributed by atoms with Crippen LogP contribution < -0.4 is 10.6 Å². The number of nitrogens with one attached hydrogen (secondary N) is 2. The van der Waals surface area contributed by atoms with Gasteiger partial charge < -0.3 is 10.6 Å². The van der Waals surface area contributed by atoms with E-state index in [1.54, 1.807) is 0 Å². The Morgan fingerprint density at radius 1 is 0.842 bits per heavy atom. The standard InChI is InChI=1S/C17H20N2/c1-2-6-14(7-3-1)16-8-4-5-9-17(16)19-15-10-12-18-13-11-15/h1-9,15,18-19H,10-13H2. The summed E-state index contributed by atoms with van der Waals surface area (Å²) in [6, 6.07) is 19.8. The third-order valence-corrected chi connectivity index (χ3v) is 3.71. The third kappa shape index (κ3) is 2.96. The molecule has 0 atom stereocenters. The van der Waals surface area contributed by atoms with Crippen molar-refractivity contribution >= 4 is 5.69 Å². The van der Waals surface area contributed by atoms with Crippen LogP contribution in [-0.4, -0.2) is 19.1 Å². The summed E-state index contributed by atoms with van der Waals surface area (Å²) in [6.45, 7) is 2.23. The summed E-state index contributed by atoms with van der Waals surface area (Å²) in [6.07, 6.45) is 2.40. The van der Waals surface area contributed by atoms with Crippen molar-refractivity contribution in [3.63, 3.8) is 0 Å². The Balaban J connectivity index is 1.85. The predicted octanol–water partition coefficient (Wildman–Crippen LogP) is 3.52. The summed E-state index contributed by atoms with van der Waals surface area (Å²) < 4.78 is 0. The van der Waals surface area contributed by atoms with E-state index in [-0.39, 0.29) is 0 Å². The van der Waals surface area contributed by atoms with Crippen LogP contribution in [0.3, 0.4) is 0 Å². The molecule has 1 heterocycles. The van der Waals surface area contributed by atoms with Gasteiger partial charge in [-0.15, -0.1) is 0 Å². The van der Waals surface area contributed by atoms with Crippen molar-refractivity contribution in [2.75, 3.05) is 18.4 Å². The lowest BCUT2D eigenvalue weighted by Crippen LogP contribution is -2.35. The first-order valence-electron chi connectivity index (χ1n) is 7.05. The molecule has 1 fully saturated rings. The zero-order chi connectivity index (χ0) is 12.9. The largest absolute Gasteiger partial charge is 0.382 e. The van der Waals surface area contributed by atoms with Gasteiger partial charge in [-0.2, -0.15) is 0 Å². The molecule has 1 saturated heterocycles. The highest BCUT2D eigenvalue weighted by Crippen LogP contribution is 2.28. The fraction of sp³-hybridized carbons (Fsp3) is 0.294. The first-order chi connectivity index (χ1) is 9.43. The van der Waals surface area contributed by atoms with Gasteiger partial charge in [0.15, 0.2) is 0 Å². The van der Waals surface area contributed by atoms with Gasteiger partial charge in [0, 0.05) is 17.3 Å². The monoisotopic (exact) mass is 252 g/mol. The minimum Gasteiger partial charge on any atom is -0.382 e.